The van der Waals surface area contributed by atoms with Crippen LogP contribution in [0.2, 0.25) is 5.02 Å². The average Bonchev–Trinajstić information content (AvgIpc) is 2.86. The average molecular weight is 341 g/mol. The molecule has 1 N–H and O–H groups in total. The summed E-state index contributed by atoms with van der Waals surface area (Å²) in [5, 5.41) is 4.56. The smallest absolute Gasteiger partial charge is 0.269 e. The summed E-state index contributed by atoms with van der Waals surface area (Å²) in [5.74, 6) is -0.252. The third-order valence-electron chi connectivity index (χ3n) is 3.26. The van der Waals surface area contributed by atoms with Gasteiger partial charge in [-0.15, -0.1) is 11.3 Å². The van der Waals surface area contributed by atoms with Gasteiger partial charge in [-0.3, -0.25) is 10.1 Å². The number of benzene rings is 1. The minimum Gasteiger partial charge on any atom is -0.378 e. The van der Waals surface area contributed by atoms with Crippen LogP contribution in [0.5, 0.6) is 0 Å². The number of nitrogens with one attached hydrogen (secondary N) is 1. The van der Waals surface area contributed by atoms with E-state index >= 15 is 0 Å². The molecular formula is C14H13ClN2O2S2. The fourth-order valence-electron chi connectivity index (χ4n) is 2.16. The fourth-order valence-corrected chi connectivity index (χ4v) is 3.85. The molecule has 1 saturated heterocycles. The highest BCUT2D eigenvalue weighted by Gasteiger charge is 2.20. The number of amides is 1. The molecule has 0 spiro atoms. The SMILES string of the molecule is O=C(NC(=S)N1CCOCC1)c1sc2ccccc2c1Cl. The molecule has 1 fully saturated rings. The van der Waals surface area contributed by atoms with E-state index in [4.69, 9.17) is 28.6 Å². The van der Waals surface area contributed by atoms with Crippen LogP contribution in [0.4, 0.5) is 0 Å². The summed E-state index contributed by atoms with van der Waals surface area (Å²) in [7, 11) is 0. The van der Waals surface area contributed by atoms with Gasteiger partial charge >= 0.3 is 0 Å². The molecule has 1 amide bonds. The monoisotopic (exact) mass is 340 g/mol. The van der Waals surface area contributed by atoms with Gasteiger partial charge in [0.25, 0.3) is 5.91 Å². The van der Waals surface area contributed by atoms with E-state index in [1.807, 2.05) is 29.2 Å². The van der Waals surface area contributed by atoms with Gasteiger partial charge in [0.05, 0.1) is 18.2 Å². The van der Waals surface area contributed by atoms with E-state index < -0.39 is 0 Å². The highest BCUT2D eigenvalue weighted by Crippen LogP contribution is 2.34. The summed E-state index contributed by atoms with van der Waals surface area (Å²) in [6, 6.07) is 7.68. The Kier molecular flexibility index (Phi) is 4.40. The number of ether oxygens (including phenoxy) is 1. The van der Waals surface area contributed by atoms with Crippen molar-refractivity contribution in [3.05, 3.63) is 34.2 Å². The maximum absolute atomic E-state index is 12.4. The second kappa shape index (κ2) is 6.27. The molecule has 2 heterocycles. The van der Waals surface area contributed by atoms with E-state index in [2.05, 4.69) is 5.32 Å². The first-order valence-corrected chi connectivity index (χ1v) is 8.12. The Morgan fingerprint density at radius 3 is 2.76 bits per heavy atom. The lowest BCUT2D eigenvalue weighted by Gasteiger charge is -2.28. The van der Waals surface area contributed by atoms with Crippen LogP contribution in [0.15, 0.2) is 24.3 Å². The van der Waals surface area contributed by atoms with Gasteiger partial charge in [0, 0.05) is 23.2 Å². The molecule has 0 radical (unpaired) electrons. The summed E-state index contributed by atoms with van der Waals surface area (Å²) < 4.78 is 6.26. The van der Waals surface area contributed by atoms with Gasteiger partial charge in [-0.2, -0.15) is 0 Å². The van der Waals surface area contributed by atoms with Crippen molar-refractivity contribution < 1.29 is 9.53 Å². The molecule has 21 heavy (non-hydrogen) atoms. The van der Waals surface area contributed by atoms with Crippen molar-refractivity contribution >= 4 is 56.3 Å². The summed E-state index contributed by atoms with van der Waals surface area (Å²) in [6.45, 7) is 2.64. The number of nitrogens with zero attached hydrogens (tertiary/aromatic N) is 1. The fraction of sp³-hybridized carbons (Fsp3) is 0.286. The van der Waals surface area contributed by atoms with E-state index in [1.165, 1.54) is 11.3 Å². The first-order chi connectivity index (χ1) is 10.2. The predicted molar refractivity (Wildman–Crippen MR) is 89.3 cm³/mol. The van der Waals surface area contributed by atoms with Crippen molar-refractivity contribution in [3.63, 3.8) is 0 Å². The molecule has 3 rings (SSSR count). The minimum atomic E-state index is -0.252. The van der Waals surface area contributed by atoms with Gasteiger partial charge in [0.1, 0.15) is 4.88 Å². The van der Waals surface area contributed by atoms with Crippen LogP contribution < -0.4 is 5.32 Å². The van der Waals surface area contributed by atoms with Crippen LogP contribution in [-0.2, 0) is 4.74 Å². The molecule has 1 aromatic carbocycles. The van der Waals surface area contributed by atoms with Crippen LogP contribution in [-0.4, -0.2) is 42.2 Å². The first kappa shape index (κ1) is 14.7. The number of carbonyl (C=O) groups is 1. The van der Waals surface area contributed by atoms with E-state index in [9.17, 15) is 4.79 Å². The number of hydrogen-bond acceptors (Lipinski definition) is 4. The molecule has 0 aliphatic carbocycles. The van der Waals surface area contributed by atoms with Gasteiger partial charge < -0.3 is 9.64 Å². The molecule has 0 saturated carbocycles. The van der Waals surface area contributed by atoms with Crippen LogP contribution in [0.25, 0.3) is 10.1 Å². The van der Waals surface area contributed by atoms with E-state index in [0.29, 0.717) is 41.3 Å². The predicted octanol–water partition coefficient (Wildman–Crippen LogP) is 2.90. The van der Waals surface area contributed by atoms with E-state index in [0.717, 1.165) is 10.1 Å². The summed E-state index contributed by atoms with van der Waals surface area (Å²) in [6.07, 6.45) is 0. The Hall–Kier alpha value is -1.21. The van der Waals surface area contributed by atoms with E-state index in [1.54, 1.807) is 0 Å². The molecule has 2 aromatic rings. The van der Waals surface area contributed by atoms with E-state index in [-0.39, 0.29) is 5.91 Å². The molecule has 1 aliphatic rings. The quantitative estimate of drug-likeness (QED) is 0.810. The van der Waals surface area contributed by atoms with Crippen molar-refractivity contribution in [2.75, 3.05) is 26.3 Å². The number of morpholine rings is 1. The molecule has 110 valence electrons. The number of thiophene rings is 1. The number of rotatable bonds is 1. The number of fused-ring (bicyclic) bond motifs is 1. The van der Waals surface area contributed by atoms with Gasteiger partial charge in [-0.25, -0.2) is 0 Å². The number of halogens is 1. The molecule has 1 aromatic heterocycles. The first-order valence-electron chi connectivity index (χ1n) is 6.52. The lowest BCUT2D eigenvalue weighted by atomic mass is 10.2. The second-order valence-electron chi connectivity index (χ2n) is 4.60. The molecule has 0 atom stereocenters. The number of thiocarbonyl (C=S) groups is 1. The van der Waals surface area contributed by atoms with Crippen LogP contribution in [0.3, 0.4) is 0 Å². The van der Waals surface area contributed by atoms with Crippen molar-refractivity contribution in [3.8, 4) is 0 Å². The topological polar surface area (TPSA) is 41.6 Å². The van der Waals surface area contributed by atoms with Crippen molar-refractivity contribution in [1.82, 2.24) is 10.2 Å². The third-order valence-corrected chi connectivity index (χ3v) is 5.29. The lowest BCUT2D eigenvalue weighted by Crippen LogP contribution is -2.47. The highest BCUT2D eigenvalue weighted by atomic mass is 35.5. The maximum Gasteiger partial charge on any atom is 0.269 e. The molecule has 1 aliphatic heterocycles. The third kappa shape index (κ3) is 3.03. The van der Waals surface area contributed by atoms with Crippen molar-refractivity contribution in [1.29, 1.82) is 0 Å². The lowest BCUT2D eigenvalue weighted by molar-refractivity contribution is 0.0669. The summed E-state index contributed by atoms with van der Waals surface area (Å²) in [5.41, 5.74) is 0. The molecule has 4 nitrogen and oxygen atoms in total. The van der Waals surface area contributed by atoms with Crippen molar-refractivity contribution in [2.24, 2.45) is 0 Å². The van der Waals surface area contributed by atoms with Crippen LogP contribution in [0.1, 0.15) is 9.67 Å². The van der Waals surface area contributed by atoms with Crippen LogP contribution >= 0.6 is 35.2 Å². The number of carbonyl (C=O) groups excluding carboxylic acids is 1. The van der Waals surface area contributed by atoms with Gasteiger partial charge in [-0.05, 0) is 18.3 Å². The standard InChI is InChI=1S/C14H13ClN2O2S2/c15-11-9-3-1-2-4-10(9)21-12(11)13(18)16-14(20)17-5-7-19-8-6-17/h1-4H,5-8H2,(H,16,18,20). The molecule has 7 heteroatoms. The zero-order chi connectivity index (χ0) is 14.8. The largest absolute Gasteiger partial charge is 0.378 e. The molecule has 0 unspecified atom stereocenters. The normalized spacial score (nSPS) is 15.2. The van der Waals surface area contributed by atoms with Gasteiger partial charge in [0.15, 0.2) is 5.11 Å². The summed E-state index contributed by atoms with van der Waals surface area (Å²) in [4.78, 5) is 14.8. The zero-order valence-electron chi connectivity index (χ0n) is 11.1. The second-order valence-corrected chi connectivity index (χ2v) is 6.42. The Balaban J connectivity index is 1.77. The Labute approximate surface area is 136 Å². The molecular weight excluding hydrogens is 328 g/mol. The maximum atomic E-state index is 12.4. The summed E-state index contributed by atoms with van der Waals surface area (Å²) >= 11 is 12.9. The Morgan fingerprint density at radius 1 is 1.33 bits per heavy atom. The zero-order valence-corrected chi connectivity index (χ0v) is 13.5. The molecule has 0 bridgehead atoms. The minimum absolute atomic E-state index is 0.252. The number of hydrogen-bond donors (Lipinski definition) is 1. The van der Waals surface area contributed by atoms with Gasteiger partial charge in [0.2, 0.25) is 0 Å². The van der Waals surface area contributed by atoms with Crippen LogP contribution in [0, 0.1) is 0 Å². The van der Waals surface area contributed by atoms with Gasteiger partial charge in [-0.1, -0.05) is 29.8 Å². The Bertz CT molecular complexity index is 695. The Morgan fingerprint density at radius 2 is 2.05 bits per heavy atom. The van der Waals surface area contributed by atoms with Crippen molar-refractivity contribution in [2.45, 2.75) is 0 Å². The highest BCUT2D eigenvalue weighted by molar-refractivity contribution is 7.80.